The van der Waals surface area contributed by atoms with E-state index in [2.05, 4.69) is 35.8 Å². The van der Waals surface area contributed by atoms with Gasteiger partial charge in [-0.1, -0.05) is 12.1 Å². The first-order valence-electron chi connectivity index (χ1n) is 14.7. The van der Waals surface area contributed by atoms with Gasteiger partial charge >= 0.3 is 160 Å². The second-order valence-corrected chi connectivity index (χ2v) is 15.6. The van der Waals surface area contributed by atoms with Crippen molar-refractivity contribution in [3.05, 3.63) is 98.3 Å². The van der Waals surface area contributed by atoms with Crippen molar-refractivity contribution in [2.24, 2.45) is 10.2 Å². The van der Waals surface area contributed by atoms with Crippen molar-refractivity contribution in [1.29, 1.82) is 0 Å². The molecule has 0 spiro atoms. The number of non-ortho nitro benzene ring substituents is 1. The van der Waals surface area contributed by atoms with E-state index >= 15 is 0 Å². The molecule has 0 radical (unpaired) electrons. The fourth-order valence-corrected chi connectivity index (χ4v) is 7.28. The van der Waals surface area contributed by atoms with Gasteiger partial charge in [0.2, 0.25) is 17.2 Å². The smallest absolute Gasteiger partial charge is 0.744 e. The number of anilines is 4. The average molecular weight is 963 g/mol. The molecule has 0 atom stereocenters. The van der Waals surface area contributed by atoms with E-state index in [-0.39, 0.29) is 204 Å². The summed E-state index contributed by atoms with van der Waals surface area (Å²) in [5, 5.41) is 45.7. The van der Waals surface area contributed by atoms with E-state index in [1.807, 2.05) is 0 Å². The number of hydrogen-bond donors (Lipinski definition) is 4. The largest absolute Gasteiger partial charge is 1.00 e. The van der Waals surface area contributed by atoms with E-state index in [0.29, 0.717) is 12.1 Å². The van der Waals surface area contributed by atoms with Crippen molar-refractivity contribution in [3.63, 3.8) is 0 Å². The summed E-state index contributed by atoms with van der Waals surface area (Å²) in [5.74, 6) is -1.34. The third kappa shape index (κ3) is 12.3. The summed E-state index contributed by atoms with van der Waals surface area (Å²) in [4.78, 5) is 29.9. The van der Waals surface area contributed by atoms with Crippen molar-refractivity contribution in [2.75, 3.05) is 10.6 Å². The van der Waals surface area contributed by atoms with Crippen LogP contribution in [0.1, 0.15) is 0 Å². The van der Waals surface area contributed by atoms with Gasteiger partial charge in [0.15, 0.2) is 11.4 Å². The van der Waals surface area contributed by atoms with Gasteiger partial charge in [-0.05, 0) is 76.3 Å². The Kier molecular flexibility index (Phi) is 17.7. The summed E-state index contributed by atoms with van der Waals surface area (Å²) in [6.07, 6.45) is 0. The number of azo groups is 1. The molecule has 0 bridgehead atoms. The number of fused-ring (bicyclic) bond motifs is 2. The first-order chi connectivity index (χ1) is 26.1. The van der Waals surface area contributed by atoms with Crippen LogP contribution < -0.4 is 165 Å². The van der Waals surface area contributed by atoms with E-state index in [1.165, 1.54) is 36.4 Å². The summed E-state index contributed by atoms with van der Waals surface area (Å²) >= 11 is 6.10. The summed E-state index contributed by atoms with van der Waals surface area (Å²) < 4.78 is 105. The van der Waals surface area contributed by atoms with Crippen LogP contribution in [-0.4, -0.2) is 68.8 Å². The molecule has 1 heterocycles. The van der Waals surface area contributed by atoms with E-state index < -0.39 is 83.4 Å². The zero-order chi connectivity index (χ0) is 40.9. The molecule has 59 heavy (non-hydrogen) atoms. The molecule has 0 saturated carbocycles. The van der Waals surface area contributed by atoms with Crippen LogP contribution >= 0.6 is 11.6 Å². The second kappa shape index (κ2) is 20.2. The predicted molar refractivity (Wildman–Crippen MR) is 191 cm³/mol. The van der Waals surface area contributed by atoms with Crippen LogP contribution in [0.15, 0.2) is 97.7 Å². The molecule has 4 N–H and O–H groups in total. The number of nitrogens with one attached hydrogen (secondary N) is 2. The molecule has 0 aliphatic carbocycles. The van der Waals surface area contributed by atoms with Crippen LogP contribution in [0, 0.1) is 20.2 Å². The molecule has 6 rings (SSSR count). The Bertz CT molecular complexity index is 3080. The van der Waals surface area contributed by atoms with Gasteiger partial charge in [0.05, 0.1) is 25.7 Å². The van der Waals surface area contributed by atoms with Crippen LogP contribution in [0.25, 0.3) is 21.5 Å². The van der Waals surface area contributed by atoms with Gasteiger partial charge in [0.1, 0.15) is 30.8 Å². The van der Waals surface area contributed by atoms with Gasteiger partial charge < -0.3 is 24.8 Å². The number of nitro benzene ring substituents is 2. The number of hydrogen-bond acceptors (Lipinski definition) is 20. The molecule has 0 amide bonds. The molecule has 30 heteroatoms. The van der Waals surface area contributed by atoms with Gasteiger partial charge in [-0.3, -0.25) is 24.8 Å². The number of nitro groups is 2. The molecule has 1 aromatic heterocycles. The number of benzene rings is 5. The van der Waals surface area contributed by atoms with Crippen molar-refractivity contribution in [3.8, 4) is 5.75 Å². The molecule has 0 unspecified atom stereocenters. The zero-order valence-electron chi connectivity index (χ0n) is 30.0. The van der Waals surface area contributed by atoms with Gasteiger partial charge in [0.25, 0.3) is 15.8 Å². The standard InChI is InChI=1S/C29H18ClN9O14S3.3K/c30-27-33-28(31-15-3-5-19-14(7-15)8-18(54(45,46)47)12-23(19)55(48,49)50)35-29(34-27)32-16-2-1-13-9-24(56(51,52)53)25(26(40)20(13)10-16)37-36-21-6-4-17(38(41)42)11-22(21)39(43)44;;;/h1-12,40H,(H,45,46,47)(H,48,49,50)(H,51,52,53)(H2,31,32,33,34,35);;;/q;3*+1/p-2. The molecule has 0 aliphatic heterocycles. The minimum atomic E-state index is -5.21. The number of phenols is 1. The molecular formula is C29H16ClK3N9O14S3+. The van der Waals surface area contributed by atoms with Gasteiger partial charge in [-0.2, -0.15) is 23.4 Å². The Balaban J connectivity index is 0.00000310. The molecule has 5 aromatic carbocycles. The van der Waals surface area contributed by atoms with Crippen LogP contribution in [0.2, 0.25) is 5.28 Å². The Morgan fingerprint density at radius 3 is 1.83 bits per heavy atom. The minimum absolute atomic E-state index is 0. The van der Waals surface area contributed by atoms with Crippen molar-refractivity contribution >= 4 is 110 Å². The van der Waals surface area contributed by atoms with Crippen LogP contribution in [0.4, 0.5) is 46.0 Å². The maximum Gasteiger partial charge on any atom is 1.00 e. The van der Waals surface area contributed by atoms with Gasteiger partial charge in [-0.25, -0.2) is 16.8 Å². The quantitative estimate of drug-likeness (QED) is 0.0319. The van der Waals surface area contributed by atoms with Crippen LogP contribution in [-0.2, 0) is 30.4 Å². The Labute approximate surface area is 463 Å². The topological polar surface area (TPSA) is 363 Å². The predicted octanol–water partition coefficient (Wildman–Crippen LogP) is -3.68. The first-order valence-corrected chi connectivity index (χ1v) is 19.3. The summed E-state index contributed by atoms with van der Waals surface area (Å²) in [7, 11) is -15.5. The van der Waals surface area contributed by atoms with Crippen molar-refractivity contribution in [1.82, 2.24) is 15.0 Å². The Hall–Kier alpha value is -1.64. The number of rotatable bonds is 11. The number of aromatic nitrogens is 3. The monoisotopic (exact) mass is 962 g/mol. The van der Waals surface area contributed by atoms with Crippen LogP contribution in [0.5, 0.6) is 5.75 Å². The maximum absolute atomic E-state index is 12.3. The van der Waals surface area contributed by atoms with E-state index in [1.54, 1.807) is 0 Å². The van der Waals surface area contributed by atoms with Gasteiger partial charge in [-0.15, -0.1) is 10.2 Å². The summed E-state index contributed by atoms with van der Waals surface area (Å²) in [6, 6.07) is 12.2. The van der Waals surface area contributed by atoms with Crippen molar-refractivity contribution in [2.45, 2.75) is 14.7 Å². The maximum atomic E-state index is 12.3. The number of phenolic OH excluding ortho intramolecular Hbond substituents is 1. The fourth-order valence-electron chi connectivity index (χ4n) is 5.13. The molecule has 288 valence electrons. The van der Waals surface area contributed by atoms with E-state index in [9.17, 15) is 64.2 Å². The fraction of sp³-hybridized carbons (Fsp3) is 0. The average Bonchev–Trinajstić information content (AvgIpc) is 3.09. The number of nitrogens with zero attached hydrogens (tertiary/aromatic N) is 7. The molecule has 0 saturated heterocycles. The molecule has 0 aliphatic rings. The SMILES string of the molecule is O=[N+]([O-])c1ccc(N=Nc2c(S(=O)(=O)O)cc3ccc(Nc4nc(Cl)nc(Nc5ccc6c(S(=O)(=O)[O-])cc(S(=O)(=O)[O-])cc6c5)n4)cc3c2O)c([N+](=O)[O-])c1.[K+].[K+].[K+]. The normalized spacial score (nSPS) is 11.7. The third-order valence-corrected chi connectivity index (χ3v) is 10.2. The number of halogens is 1. The zero-order valence-corrected chi connectivity index (χ0v) is 42.5. The molecule has 0 fully saturated rings. The minimum Gasteiger partial charge on any atom is -0.744 e. The summed E-state index contributed by atoms with van der Waals surface area (Å²) in [6.45, 7) is 0. The van der Waals surface area contributed by atoms with Crippen molar-refractivity contribution < 1.29 is 208 Å². The van der Waals surface area contributed by atoms with Crippen LogP contribution in [0.3, 0.4) is 0 Å². The first kappa shape index (κ1) is 51.7. The Morgan fingerprint density at radius 2 is 1.27 bits per heavy atom. The second-order valence-electron chi connectivity index (χ2n) is 11.1. The van der Waals surface area contributed by atoms with E-state index in [0.717, 1.165) is 24.3 Å². The van der Waals surface area contributed by atoms with E-state index in [4.69, 9.17) is 11.6 Å². The Morgan fingerprint density at radius 1 is 0.661 bits per heavy atom. The third-order valence-electron chi connectivity index (χ3n) is 7.52. The molecule has 6 aromatic rings. The summed E-state index contributed by atoms with van der Waals surface area (Å²) in [5.41, 5.74) is -2.71. The van der Waals surface area contributed by atoms with Gasteiger partial charge in [0, 0.05) is 22.8 Å². The number of aromatic hydroxyl groups is 1. The molecular weight excluding hydrogens is 947 g/mol. The molecule has 23 nitrogen and oxygen atoms in total.